The molecule has 2 nitrogen and oxygen atoms in total. The molecule has 0 radical (unpaired) electrons. The van der Waals surface area contributed by atoms with Crippen molar-refractivity contribution in [2.45, 2.75) is 84.3 Å². The molecule has 17 heavy (non-hydrogen) atoms. The third kappa shape index (κ3) is 5.39. The van der Waals surface area contributed by atoms with Gasteiger partial charge >= 0.3 is 0 Å². The number of likely N-dealkylation sites (tertiary alicyclic amines) is 1. The molecule has 1 heterocycles. The normalized spacial score (nSPS) is 25.6. The summed E-state index contributed by atoms with van der Waals surface area (Å²) in [6.07, 6.45) is 6.86. The summed E-state index contributed by atoms with van der Waals surface area (Å²) in [4.78, 5) is 2.74. The van der Waals surface area contributed by atoms with E-state index in [-0.39, 0.29) is 5.54 Å². The summed E-state index contributed by atoms with van der Waals surface area (Å²) in [5.74, 6) is 0. The van der Waals surface area contributed by atoms with Crippen molar-refractivity contribution in [2.75, 3.05) is 13.1 Å². The van der Waals surface area contributed by atoms with Gasteiger partial charge in [0.2, 0.25) is 0 Å². The molecule has 0 bridgehead atoms. The van der Waals surface area contributed by atoms with Gasteiger partial charge in [0.05, 0.1) is 0 Å². The van der Waals surface area contributed by atoms with Crippen LogP contribution in [0.1, 0.15) is 66.7 Å². The van der Waals surface area contributed by atoms with Gasteiger partial charge < -0.3 is 5.32 Å². The Balaban J connectivity index is 2.52. The van der Waals surface area contributed by atoms with Gasteiger partial charge in [-0.1, -0.05) is 19.8 Å². The maximum Gasteiger partial charge on any atom is 0.0221 e. The third-order valence-electron chi connectivity index (χ3n) is 3.91. The van der Waals surface area contributed by atoms with Crippen LogP contribution >= 0.6 is 0 Å². The molecule has 1 N–H and O–H groups in total. The predicted octanol–water partition coefficient (Wildman–Crippen LogP) is 3.42. The first-order valence-electron chi connectivity index (χ1n) is 7.45. The fourth-order valence-electron chi connectivity index (χ4n) is 2.76. The van der Waals surface area contributed by atoms with Crippen molar-refractivity contribution in [1.82, 2.24) is 10.2 Å². The number of hydrogen-bond donors (Lipinski definition) is 1. The van der Waals surface area contributed by atoms with Crippen LogP contribution in [-0.2, 0) is 0 Å². The maximum atomic E-state index is 3.67. The van der Waals surface area contributed by atoms with Gasteiger partial charge in [0.25, 0.3) is 0 Å². The Kier molecular flexibility index (Phi) is 5.94. The topological polar surface area (TPSA) is 15.3 Å². The van der Waals surface area contributed by atoms with E-state index in [1.54, 1.807) is 0 Å². The van der Waals surface area contributed by atoms with Crippen molar-refractivity contribution in [3.05, 3.63) is 0 Å². The van der Waals surface area contributed by atoms with E-state index in [0.29, 0.717) is 6.04 Å². The van der Waals surface area contributed by atoms with E-state index in [1.165, 1.54) is 38.6 Å². The van der Waals surface area contributed by atoms with Crippen LogP contribution in [0.2, 0.25) is 0 Å². The van der Waals surface area contributed by atoms with Gasteiger partial charge in [0, 0.05) is 24.2 Å². The summed E-state index contributed by atoms with van der Waals surface area (Å²) >= 11 is 0. The Hall–Kier alpha value is -0.0800. The highest BCUT2D eigenvalue weighted by atomic mass is 15.2. The molecule has 2 heteroatoms. The number of rotatable bonds is 4. The molecule has 0 aromatic rings. The molecular formula is C15H32N2. The van der Waals surface area contributed by atoms with Crippen LogP contribution in [0.5, 0.6) is 0 Å². The lowest BCUT2D eigenvalue weighted by molar-refractivity contribution is 0.134. The van der Waals surface area contributed by atoms with Crippen LogP contribution in [0.15, 0.2) is 0 Å². The molecule has 2 unspecified atom stereocenters. The summed E-state index contributed by atoms with van der Waals surface area (Å²) in [5, 5.41) is 3.67. The number of nitrogens with zero attached hydrogens (tertiary/aromatic N) is 1. The molecule has 1 aliphatic rings. The SMILES string of the molecule is CCC(CNC(C)(C)C)N1CCCCCC1C. The average molecular weight is 240 g/mol. The van der Waals surface area contributed by atoms with E-state index in [2.05, 4.69) is 44.8 Å². The Labute approximate surface area is 108 Å². The van der Waals surface area contributed by atoms with Crippen molar-refractivity contribution in [3.8, 4) is 0 Å². The minimum Gasteiger partial charge on any atom is -0.311 e. The predicted molar refractivity (Wildman–Crippen MR) is 76.5 cm³/mol. The van der Waals surface area contributed by atoms with E-state index >= 15 is 0 Å². The molecule has 1 rings (SSSR count). The fourth-order valence-corrected chi connectivity index (χ4v) is 2.76. The quantitative estimate of drug-likeness (QED) is 0.810. The summed E-state index contributed by atoms with van der Waals surface area (Å²) in [5.41, 5.74) is 0.239. The molecule has 1 fully saturated rings. The molecule has 0 amide bonds. The second-order valence-electron chi connectivity index (χ2n) is 6.63. The first-order chi connectivity index (χ1) is 7.94. The summed E-state index contributed by atoms with van der Waals surface area (Å²) in [6.45, 7) is 13.9. The van der Waals surface area contributed by atoms with Gasteiger partial charge in [-0.15, -0.1) is 0 Å². The largest absolute Gasteiger partial charge is 0.311 e. The van der Waals surface area contributed by atoms with Crippen LogP contribution < -0.4 is 5.32 Å². The third-order valence-corrected chi connectivity index (χ3v) is 3.91. The lowest BCUT2D eigenvalue weighted by Gasteiger charge is -2.36. The molecule has 0 spiro atoms. The minimum absolute atomic E-state index is 0.239. The molecule has 0 aliphatic carbocycles. The van der Waals surface area contributed by atoms with E-state index in [4.69, 9.17) is 0 Å². The zero-order chi connectivity index (χ0) is 12.9. The van der Waals surface area contributed by atoms with Crippen molar-refractivity contribution >= 4 is 0 Å². The monoisotopic (exact) mass is 240 g/mol. The van der Waals surface area contributed by atoms with Gasteiger partial charge in [-0.3, -0.25) is 4.90 Å². The second kappa shape index (κ2) is 6.75. The zero-order valence-electron chi connectivity index (χ0n) is 12.6. The fraction of sp³-hybridized carbons (Fsp3) is 1.00. The molecule has 102 valence electrons. The highest BCUT2D eigenvalue weighted by Gasteiger charge is 2.24. The first-order valence-corrected chi connectivity index (χ1v) is 7.45. The minimum atomic E-state index is 0.239. The van der Waals surface area contributed by atoms with Gasteiger partial charge in [0.15, 0.2) is 0 Å². The van der Waals surface area contributed by atoms with Crippen LogP contribution in [0.25, 0.3) is 0 Å². The smallest absolute Gasteiger partial charge is 0.0221 e. The molecular weight excluding hydrogens is 208 g/mol. The Morgan fingerprint density at radius 2 is 1.94 bits per heavy atom. The Morgan fingerprint density at radius 3 is 2.53 bits per heavy atom. The summed E-state index contributed by atoms with van der Waals surface area (Å²) in [6, 6.07) is 1.48. The van der Waals surface area contributed by atoms with E-state index in [0.717, 1.165) is 12.6 Å². The average Bonchev–Trinajstić information content (AvgIpc) is 2.44. The van der Waals surface area contributed by atoms with E-state index in [9.17, 15) is 0 Å². The van der Waals surface area contributed by atoms with Crippen LogP contribution in [0.3, 0.4) is 0 Å². The van der Waals surface area contributed by atoms with E-state index < -0.39 is 0 Å². The molecule has 1 saturated heterocycles. The Bertz CT molecular complexity index is 207. The number of hydrogen-bond acceptors (Lipinski definition) is 2. The lowest BCUT2D eigenvalue weighted by atomic mass is 10.1. The van der Waals surface area contributed by atoms with E-state index in [1.807, 2.05) is 0 Å². The summed E-state index contributed by atoms with van der Waals surface area (Å²) < 4.78 is 0. The van der Waals surface area contributed by atoms with Crippen molar-refractivity contribution in [1.29, 1.82) is 0 Å². The highest BCUT2D eigenvalue weighted by Crippen LogP contribution is 2.20. The zero-order valence-corrected chi connectivity index (χ0v) is 12.6. The summed E-state index contributed by atoms with van der Waals surface area (Å²) in [7, 11) is 0. The van der Waals surface area contributed by atoms with Gasteiger partial charge in [-0.05, 0) is 53.5 Å². The maximum absolute atomic E-state index is 3.67. The number of nitrogens with one attached hydrogen (secondary N) is 1. The Morgan fingerprint density at radius 1 is 1.24 bits per heavy atom. The standard InChI is InChI=1S/C15H32N2/c1-6-14(12-16-15(3,4)5)17-11-9-7-8-10-13(17)2/h13-14,16H,6-12H2,1-5H3. The van der Waals surface area contributed by atoms with Gasteiger partial charge in [0.1, 0.15) is 0 Å². The van der Waals surface area contributed by atoms with Crippen LogP contribution in [0.4, 0.5) is 0 Å². The molecule has 0 aromatic heterocycles. The van der Waals surface area contributed by atoms with Gasteiger partial charge in [-0.25, -0.2) is 0 Å². The molecule has 0 aromatic carbocycles. The van der Waals surface area contributed by atoms with Crippen molar-refractivity contribution in [3.63, 3.8) is 0 Å². The van der Waals surface area contributed by atoms with Crippen molar-refractivity contribution in [2.24, 2.45) is 0 Å². The lowest BCUT2D eigenvalue weighted by Crippen LogP contribution is -2.50. The second-order valence-corrected chi connectivity index (χ2v) is 6.63. The van der Waals surface area contributed by atoms with Crippen LogP contribution in [-0.4, -0.2) is 35.6 Å². The van der Waals surface area contributed by atoms with Crippen LogP contribution in [0, 0.1) is 0 Å². The molecule has 1 aliphatic heterocycles. The molecule has 0 saturated carbocycles. The van der Waals surface area contributed by atoms with Gasteiger partial charge in [-0.2, -0.15) is 0 Å². The van der Waals surface area contributed by atoms with Crippen molar-refractivity contribution < 1.29 is 0 Å². The highest BCUT2D eigenvalue weighted by molar-refractivity contribution is 4.82. The first kappa shape index (κ1) is 15.0. The molecule has 2 atom stereocenters.